The number of amides is 4. The normalized spacial score (nSPS) is 14.3. The van der Waals surface area contributed by atoms with E-state index in [1.165, 1.54) is 6.08 Å². The van der Waals surface area contributed by atoms with Crippen LogP contribution in [0.2, 0.25) is 15.1 Å². The molecule has 0 spiro atoms. The van der Waals surface area contributed by atoms with E-state index in [9.17, 15) is 14.4 Å². The number of nitrogens with zero attached hydrogens (tertiary/aromatic N) is 1. The molecule has 0 bridgehead atoms. The molecule has 1 fully saturated rings. The molecule has 0 unspecified atom stereocenters. The van der Waals surface area contributed by atoms with Gasteiger partial charge in [0.25, 0.3) is 11.8 Å². The number of nitrogens with one attached hydrogen (secondary N) is 1. The number of rotatable bonds is 8. The van der Waals surface area contributed by atoms with E-state index in [1.807, 2.05) is 12.1 Å². The first kappa shape index (κ1) is 28.2. The minimum atomic E-state index is -0.836. The molecule has 1 saturated heterocycles. The van der Waals surface area contributed by atoms with Crippen LogP contribution >= 0.6 is 34.8 Å². The van der Waals surface area contributed by atoms with Crippen LogP contribution in [0.5, 0.6) is 11.5 Å². The van der Waals surface area contributed by atoms with Crippen molar-refractivity contribution in [3.63, 3.8) is 0 Å². The third-order valence-corrected chi connectivity index (χ3v) is 6.95. The van der Waals surface area contributed by atoms with Crippen LogP contribution in [0.3, 0.4) is 0 Å². The number of barbiturate groups is 1. The van der Waals surface area contributed by atoms with Gasteiger partial charge < -0.3 is 9.47 Å². The van der Waals surface area contributed by atoms with E-state index in [2.05, 4.69) is 5.32 Å². The smallest absolute Gasteiger partial charge is 0.335 e. The first-order valence-corrected chi connectivity index (χ1v) is 13.5. The molecule has 4 aromatic carbocycles. The molecule has 0 radical (unpaired) electrons. The van der Waals surface area contributed by atoms with Gasteiger partial charge in [0.05, 0.1) is 5.69 Å². The van der Waals surface area contributed by atoms with E-state index in [0.717, 1.165) is 16.0 Å². The summed E-state index contributed by atoms with van der Waals surface area (Å²) in [5, 5.41) is 3.90. The molecule has 1 aliphatic heterocycles. The van der Waals surface area contributed by atoms with Crippen molar-refractivity contribution >= 4 is 64.4 Å². The molecule has 1 aliphatic rings. The largest absolute Gasteiger partial charge is 0.489 e. The minimum Gasteiger partial charge on any atom is -0.489 e. The van der Waals surface area contributed by atoms with Gasteiger partial charge in [0.15, 0.2) is 0 Å². The summed E-state index contributed by atoms with van der Waals surface area (Å²) >= 11 is 18.0. The fraction of sp³-hybridized carbons (Fsp3) is 0.0645. The highest BCUT2D eigenvalue weighted by molar-refractivity contribution is 6.39. The van der Waals surface area contributed by atoms with Crippen LogP contribution in [0.15, 0.2) is 96.6 Å². The Hall–Kier alpha value is -4.30. The molecule has 41 heavy (non-hydrogen) atoms. The van der Waals surface area contributed by atoms with E-state index in [-0.39, 0.29) is 17.9 Å². The van der Waals surface area contributed by atoms with E-state index in [1.54, 1.807) is 78.9 Å². The molecule has 206 valence electrons. The van der Waals surface area contributed by atoms with Gasteiger partial charge in [0.1, 0.15) is 30.3 Å². The van der Waals surface area contributed by atoms with Crippen LogP contribution in [0.4, 0.5) is 10.5 Å². The van der Waals surface area contributed by atoms with Gasteiger partial charge in [-0.25, -0.2) is 9.69 Å². The Morgan fingerprint density at radius 3 is 1.98 bits per heavy atom. The van der Waals surface area contributed by atoms with Crippen molar-refractivity contribution in [1.29, 1.82) is 0 Å². The number of ether oxygens (including phenoxy) is 2. The maximum absolute atomic E-state index is 13.2. The summed E-state index contributed by atoms with van der Waals surface area (Å²) in [6.07, 6.45) is 1.42. The van der Waals surface area contributed by atoms with Crippen LogP contribution in [0, 0.1) is 0 Å². The molecule has 1 heterocycles. The number of imide groups is 2. The minimum absolute atomic E-state index is 0.186. The van der Waals surface area contributed by atoms with Gasteiger partial charge in [-0.1, -0.05) is 65.1 Å². The third-order valence-electron chi connectivity index (χ3n) is 6.12. The monoisotopic (exact) mass is 606 g/mol. The van der Waals surface area contributed by atoms with Crippen molar-refractivity contribution in [3.05, 3.63) is 128 Å². The quantitative estimate of drug-likeness (QED) is 0.166. The van der Waals surface area contributed by atoms with Crippen molar-refractivity contribution in [2.45, 2.75) is 13.2 Å². The van der Waals surface area contributed by atoms with Gasteiger partial charge in [-0.2, -0.15) is 0 Å². The lowest BCUT2D eigenvalue weighted by Crippen LogP contribution is -2.54. The molecule has 0 aliphatic carbocycles. The number of anilines is 1. The van der Waals surface area contributed by atoms with Gasteiger partial charge >= 0.3 is 6.03 Å². The number of urea groups is 1. The van der Waals surface area contributed by atoms with Crippen LogP contribution in [-0.2, 0) is 22.8 Å². The molecule has 4 amide bonds. The molecular weight excluding hydrogens is 587 g/mol. The van der Waals surface area contributed by atoms with E-state index in [0.29, 0.717) is 38.7 Å². The maximum Gasteiger partial charge on any atom is 0.335 e. The summed E-state index contributed by atoms with van der Waals surface area (Å²) in [5.41, 5.74) is 2.38. The molecular formula is C31H21Cl3N2O5. The van der Waals surface area contributed by atoms with Crippen LogP contribution in [0.1, 0.15) is 16.7 Å². The summed E-state index contributed by atoms with van der Waals surface area (Å²) in [7, 11) is 0. The van der Waals surface area contributed by atoms with Crippen LogP contribution in [-0.4, -0.2) is 17.8 Å². The van der Waals surface area contributed by atoms with Crippen LogP contribution in [0.25, 0.3) is 6.08 Å². The molecule has 0 atom stereocenters. The first-order chi connectivity index (χ1) is 19.8. The summed E-state index contributed by atoms with van der Waals surface area (Å²) in [6.45, 7) is 0.555. The van der Waals surface area contributed by atoms with Gasteiger partial charge in [-0.15, -0.1) is 0 Å². The van der Waals surface area contributed by atoms with E-state index in [4.69, 9.17) is 44.3 Å². The standard InChI is InChI=1S/C31H21Cl3N2O5/c32-22-6-1-20(2-7-22)17-40-26-13-9-24(10-14-26)36-30(38)27(29(37)35-31(36)39)15-19-3-11-25(12-4-19)41-18-21-5-8-23(33)16-28(21)34/h1-16H,17-18H2,(H,35,37,39)/b27-15+. The van der Waals surface area contributed by atoms with Crippen molar-refractivity contribution < 1.29 is 23.9 Å². The SMILES string of the molecule is O=C1NC(=O)N(c2ccc(OCc3ccc(Cl)cc3)cc2)C(=O)/C1=C/c1ccc(OCc2ccc(Cl)cc2Cl)cc1. The van der Waals surface area contributed by atoms with Gasteiger partial charge in [-0.05, 0) is 77.9 Å². The lowest BCUT2D eigenvalue weighted by Gasteiger charge is -2.26. The maximum atomic E-state index is 13.2. The topological polar surface area (TPSA) is 84.9 Å². The zero-order valence-corrected chi connectivity index (χ0v) is 23.5. The van der Waals surface area contributed by atoms with Crippen molar-refractivity contribution in [1.82, 2.24) is 5.32 Å². The highest BCUT2D eigenvalue weighted by Gasteiger charge is 2.36. The fourth-order valence-electron chi connectivity index (χ4n) is 3.96. The molecule has 4 aromatic rings. The summed E-state index contributed by atoms with van der Waals surface area (Å²) in [6, 6.07) is 24.8. The second-order valence-electron chi connectivity index (χ2n) is 8.96. The number of halogens is 3. The number of carbonyl (C=O) groups excluding carboxylic acids is 3. The van der Waals surface area contributed by atoms with Gasteiger partial charge in [0, 0.05) is 20.6 Å². The predicted octanol–water partition coefficient (Wildman–Crippen LogP) is 7.47. The lowest BCUT2D eigenvalue weighted by atomic mass is 10.1. The average Bonchev–Trinajstić information content (AvgIpc) is 2.96. The first-order valence-electron chi connectivity index (χ1n) is 12.3. The predicted molar refractivity (Wildman–Crippen MR) is 158 cm³/mol. The summed E-state index contributed by atoms with van der Waals surface area (Å²) in [5.74, 6) is -0.419. The molecule has 5 rings (SSSR count). The highest BCUT2D eigenvalue weighted by Crippen LogP contribution is 2.26. The fourth-order valence-corrected chi connectivity index (χ4v) is 4.55. The highest BCUT2D eigenvalue weighted by atomic mass is 35.5. The molecule has 10 heteroatoms. The lowest BCUT2D eigenvalue weighted by molar-refractivity contribution is -0.122. The molecule has 1 N–H and O–H groups in total. The average molecular weight is 608 g/mol. The Morgan fingerprint density at radius 2 is 1.32 bits per heavy atom. The number of hydrogen-bond acceptors (Lipinski definition) is 5. The van der Waals surface area contributed by atoms with Crippen molar-refractivity contribution in [3.8, 4) is 11.5 Å². The molecule has 7 nitrogen and oxygen atoms in total. The zero-order valence-electron chi connectivity index (χ0n) is 21.3. The summed E-state index contributed by atoms with van der Waals surface area (Å²) in [4.78, 5) is 39.3. The molecule has 0 aromatic heterocycles. The Labute approximate surface area is 250 Å². The second-order valence-corrected chi connectivity index (χ2v) is 10.2. The van der Waals surface area contributed by atoms with Gasteiger partial charge in [-0.3, -0.25) is 14.9 Å². The number of benzene rings is 4. The van der Waals surface area contributed by atoms with Crippen molar-refractivity contribution in [2.24, 2.45) is 0 Å². The Morgan fingerprint density at radius 1 is 0.707 bits per heavy atom. The zero-order chi connectivity index (χ0) is 28.9. The third kappa shape index (κ3) is 6.89. The van der Waals surface area contributed by atoms with E-state index < -0.39 is 17.8 Å². The number of hydrogen-bond donors (Lipinski definition) is 1. The Balaban J connectivity index is 1.26. The second kappa shape index (κ2) is 12.5. The molecule has 0 saturated carbocycles. The van der Waals surface area contributed by atoms with Crippen LogP contribution < -0.4 is 19.7 Å². The van der Waals surface area contributed by atoms with E-state index >= 15 is 0 Å². The van der Waals surface area contributed by atoms with Gasteiger partial charge in [0.2, 0.25) is 0 Å². The Kier molecular flexibility index (Phi) is 8.59. The Bertz CT molecular complexity index is 1640. The summed E-state index contributed by atoms with van der Waals surface area (Å²) < 4.78 is 11.6. The van der Waals surface area contributed by atoms with Crippen molar-refractivity contribution in [2.75, 3.05) is 4.90 Å². The number of carbonyl (C=O) groups is 3.